The molecule has 1 saturated heterocycles. The molecule has 0 aromatic heterocycles. The van der Waals surface area contributed by atoms with Crippen LogP contribution >= 0.6 is 0 Å². The second-order valence-corrected chi connectivity index (χ2v) is 13.1. The minimum Gasteiger partial charge on any atom is -0.394 e. The molecule has 14 nitrogen and oxygen atoms in total. The summed E-state index contributed by atoms with van der Waals surface area (Å²) in [5, 5.41) is 25.7. The largest absolute Gasteiger partial charge is 0.394 e. The number of nitrogens with zero attached hydrogens (tertiary/aromatic N) is 1. The van der Waals surface area contributed by atoms with Crippen molar-refractivity contribution < 1.29 is 29.1 Å². The molecule has 1 aliphatic heterocycles. The molecule has 0 unspecified atom stereocenters. The molecule has 3 aromatic rings. The van der Waals surface area contributed by atoms with E-state index in [1.54, 1.807) is 12.1 Å². The molecule has 51 heavy (non-hydrogen) atoms. The maximum atomic E-state index is 14.0. The Labute approximate surface area is 297 Å². The lowest BCUT2D eigenvalue weighted by molar-refractivity contribution is -0.134. The number of hydrogen-bond acceptors (Lipinski definition) is 7. The molecule has 1 fully saturated rings. The van der Waals surface area contributed by atoms with Crippen LogP contribution in [-0.4, -0.2) is 84.0 Å². The molecule has 0 radical (unpaired) electrons. The van der Waals surface area contributed by atoms with E-state index in [0.717, 1.165) is 21.9 Å². The van der Waals surface area contributed by atoms with Gasteiger partial charge in [0.25, 0.3) is 0 Å². The van der Waals surface area contributed by atoms with Crippen molar-refractivity contribution in [3.8, 4) is 0 Å². The average molecular weight is 701 g/mol. The van der Waals surface area contributed by atoms with E-state index in [-0.39, 0.29) is 44.1 Å². The Morgan fingerprint density at radius 3 is 1.78 bits per heavy atom. The summed E-state index contributed by atoms with van der Waals surface area (Å²) in [7, 11) is 0. The molecule has 1 aliphatic rings. The van der Waals surface area contributed by atoms with Crippen LogP contribution in [0.1, 0.15) is 44.2 Å². The molecule has 5 atom stereocenters. The van der Waals surface area contributed by atoms with Crippen molar-refractivity contribution in [1.82, 2.24) is 26.6 Å². The molecule has 0 aliphatic carbocycles. The summed E-state index contributed by atoms with van der Waals surface area (Å²) in [5.74, 6) is -3.64. The van der Waals surface area contributed by atoms with Gasteiger partial charge in [-0.1, -0.05) is 86.6 Å². The van der Waals surface area contributed by atoms with Crippen molar-refractivity contribution in [3.05, 3.63) is 83.9 Å². The second-order valence-electron chi connectivity index (χ2n) is 13.1. The number of aliphatic hydroxyl groups is 1. The van der Waals surface area contributed by atoms with Gasteiger partial charge >= 0.3 is 0 Å². The summed E-state index contributed by atoms with van der Waals surface area (Å²) >= 11 is 0. The van der Waals surface area contributed by atoms with Gasteiger partial charge in [-0.2, -0.15) is 0 Å². The SMILES string of the molecule is CC(C)C[C@@H]1NC(=O)[C@H](Cc2ccccc2)NC(=O)[C@H](CCCN=C(N)N)NC(=O)[C@H](Cc2ccc3ccccc3c2)NC(=O)[C@H](CO)NC1=O. The van der Waals surface area contributed by atoms with Gasteiger partial charge in [0.15, 0.2) is 5.96 Å². The first kappa shape index (κ1) is 38.3. The van der Waals surface area contributed by atoms with Gasteiger partial charge in [-0.25, -0.2) is 0 Å². The Kier molecular flexibility index (Phi) is 13.9. The minimum atomic E-state index is -1.43. The summed E-state index contributed by atoms with van der Waals surface area (Å²) < 4.78 is 0. The van der Waals surface area contributed by atoms with Gasteiger partial charge in [0.1, 0.15) is 30.2 Å². The predicted molar refractivity (Wildman–Crippen MR) is 194 cm³/mol. The number of fused-ring (bicyclic) bond motifs is 1. The highest BCUT2D eigenvalue weighted by Gasteiger charge is 2.34. The van der Waals surface area contributed by atoms with Crippen LogP contribution in [0.4, 0.5) is 0 Å². The van der Waals surface area contributed by atoms with Gasteiger partial charge in [0.2, 0.25) is 29.5 Å². The number of aliphatic hydroxyl groups excluding tert-OH is 1. The Morgan fingerprint density at radius 2 is 1.16 bits per heavy atom. The number of rotatable bonds is 11. The second kappa shape index (κ2) is 18.5. The summed E-state index contributed by atoms with van der Waals surface area (Å²) in [6, 6.07) is 16.3. The Bertz CT molecular complexity index is 1710. The molecule has 272 valence electrons. The maximum Gasteiger partial charge on any atom is 0.245 e. The molecule has 5 amide bonds. The van der Waals surface area contributed by atoms with Crippen LogP contribution in [0.25, 0.3) is 10.8 Å². The third-order valence-electron chi connectivity index (χ3n) is 8.54. The number of nitrogens with two attached hydrogens (primary N) is 2. The topological polar surface area (TPSA) is 230 Å². The van der Waals surface area contributed by atoms with E-state index in [0.29, 0.717) is 6.42 Å². The fourth-order valence-corrected chi connectivity index (χ4v) is 5.90. The first-order chi connectivity index (χ1) is 24.4. The number of guanidine groups is 1. The van der Waals surface area contributed by atoms with Crippen LogP contribution < -0.4 is 38.1 Å². The number of carbonyl (C=O) groups excluding carboxylic acids is 5. The lowest BCUT2D eigenvalue weighted by Crippen LogP contribution is -2.59. The zero-order valence-electron chi connectivity index (χ0n) is 28.9. The molecular weight excluding hydrogens is 652 g/mol. The smallest absolute Gasteiger partial charge is 0.245 e. The monoisotopic (exact) mass is 700 g/mol. The number of benzene rings is 3. The molecule has 0 saturated carbocycles. The normalized spacial score (nSPS) is 22.1. The van der Waals surface area contributed by atoms with Crippen LogP contribution in [0.15, 0.2) is 77.8 Å². The highest BCUT2D eigenvalue weighted by Crippen LogP contribution is 2.17. The molecule has 10 N–H and O–H groups in total. The standard InChI is InChI=1S/C37H48N8O6/c1-22(2)17-28-33(48)45-31(21-46)36(51)44-30(20-24-14-15-25-11-6-7-12-26(25)18-24)34(49)41-27(13-8-16-40-37(38)39)32(47)43-29(35(50)42-28)19-23-9-4-3-5-10-23/h3-7,9-12,14-15,18,22,27-31,46H,8,13,16-17,19-21H2,1-2H3,(H,41,49)(H,42,50)(H,43,47)(H,44,51)(H,45,48)(H4,38,39,40)/t27-,28-,29-,30-,31-/m0/s1. The van der Waals surface area contributed by atoms with Crippen molar-refractivity contribution in [3.63, 3.8) is 0 Å². The zero-order chi connectivity index (χ0) is 36.9. The van der Waals surface area contributed by atoms with Crippen LogP contribution in [0.3, 0.4) is 0 Å². The van der Waals surface area contributed by atoms with E-state index < -0.39 is 66.4 Å². The van der Waals surface area contributed by atoms with Gasteiger partial charge in [-0.3, -0.25) is 29.0 Å². The van der Waals surface area contributed by atoms with E-state index in [2.05, 4.69) is 31.6 Å². The minimum absolute atomic E-state index is 0.0312. The van der Waals surface area contributed by atoms with Gasteiger partial charge in [0.05, 0.1) is 6.61 Å². The van der Waals surface area contributed by atoms with E-state index in [9.17, 15) is 29.1 Å². The molecular formula is C37H48N8O6. The summed E-state index contributed by atoms with van der Waals surface area (Å²) in [4.78, 5) is 73.0. The molecule has 1 heterocycles. The molecule has 3 aromatic carbocycles. The Balaban J connectivity index is 1.73. The average Bonchev–Trinajstić information content (AvgIpc) is 3.10. The quantitative estimate of drug-likeness (QED) is 0.0778. The summed E-state index contributed by atoms with van der Waals surface area (Å²) in [6.45, 7) is 3.15. The molecule has 0 spiro atoms. The number of amides is 5. The lowest BCUT2D eigenvalue weighted by atomic mass is 10.00. The fourth-order valence-electron chi connectivity index (χ4n) is 5.90. The maximum absolute atomic E-state index is 14.0. The zero-order valence-corrected chi connectivity index (χ0v) is 28.9. The van der Waals surface area contributed by atoms with Crippen LogP contribution in [0, 0.1) is 5.92 Å². The number of aliphatic imine (C=N–C) groups is 1. The van der Waals surface area contributed by atoms with Crippen molar-refractivity contribution in [2.45, 2.75) is 76.2 Å². The molecule has 4 rings (SSSR count). The van der Waals surface area contributed by atoms with E-state index in [4.69, 9.17) is 11.5 Å². The van der Waals surface area contributed by atoms with Crippen molar-refractivity contribution >= 4 is 46.3 Å². The Hall–Kier alpha value is -5.50. The van der Waals surface area contributed by atoms with Crippen LogP contribution in [0.2, 0.25) is 0 Å². The van der Waals surface area contributed by atoms with Gasteiger partial charge in [0, 0.05) is 19.4 Å². The number of nitrogens with one attached hydrogen (secondary N) is 5. The molecule has 0 bridgehead atoms. The van der Waals surface area contributed by atoms with E-state index in [1.807, 2.05) is 74.5 Å². The van der Waals surface area contributed by atoms with E-state index in [1.165, 1.54) is 0 Å². The van der Waals surface area contributed by atoms with E-state index >= 15 is 0 Å². The Morgan fingerprint density at radius 1 is 0.647 bits per heavy atom. The third-order valence-corrected chi connectivity index (χ3v) is 8.54. The van der Waals surface area contributed by atoms with Gasteiger partial charge in [-0.05, 0) is 47.1 Å². The van der Waals surface area contributed by atoms with Gasteiger partial charge < -0.3 is 43.2 Å². The first-order valence-electron chi connectivity index (χ1n) is 17.1. The van der Waals surface area contributed by atoms with Crippen LogP contribution in [0.5, 0.6) is 0 Å². The van der Waals surface area contributed by atoms with Crippen molar-refractivity contribution in [2.75, 3.05) is 13.2 Å². The lowest BCUT2D eigenvalue weighted by Gasteiger charge is -2.26. The van der Waals surface area contributed by atoms with Gasteiger partial charge in [-0.15, -0.1) is 0 Å². The number of carbonyl (C=O) groups is 5. The highest BCUT2D eigenvalue weighted by molar-refractivity contribution is 5.98. The molecule has 14 heteroatoms. The fraction of sp³-hybridized carbons (Fsp3) is 0.405. The predicted octanol–water partition coefficient (Wildman–Crippen LogP) is 0.155. The highest BCUT2D eigenvalue weighted by atomic mass is 16.3. The van der Waals surface area contributed by atoms with Crippen molar-refractivity contribution in [2.24, 2.45) is 22.4 Å². The van der Waals surface area contributed by atoms with Crippen LogP contribution in [-0.2, 0) is 36.8 Å². The summed E-state index contributed by atoms with van der Waals surface area (Å²) in [6.07, 6.45) is 0.729. The third kappa shape index (κ3) is 11.5. The summed E-state index contributed by atoms with van der Waals surface area (Å²) in [5.41, 5.74) is 12.4. The van der Waals surface area contributed by atoms with Crippen molar-refractivity contribution in [1.29, 1.82) is 0 Å². The number of hydrogen-bond donors (Lipinski definition) is 8. The first-order valence-corrected chi connectivity index (χ1v) is 17.1.